The summed E-state index contributed by atoms with van der Waals surface area (Å²) in [7, 11) is 3.86. The van der Waals surface area contributed by atoms with E-state index in [0.717, 1.165) is 6.54 Å². The van der Waals surface area contributed by atoms with Crippen molar-refractivity contribution in [2.75, 3.05) is 46.8 Å². The lowest BCUT2D eigenvalue weighted by atomic mass is 10.1. The fraction of sp³-hybridized carbons (Fsp3) is 0.500. The third-order valence-electron chi connectivity index (χ3n) is 3.80. The Hall–Kier alpha value is -1.47. The molecule has 1 aromatic rings. The molecule has 23 heavy (non-hydrogen) atoms. The van der Waals surface area contributed by atoms with Gasteiger partial charge in [0, 0.05) is 49.2 Å². The lowest BCUT2D eigenvalue weighted by Gasteiger charge is -2.35. The van der Waals surface area contributed by atoms with Gasteiger partial charge in [-0.1, -0.05) is 15.9 Å². The number of carbonyl (C=O) groups is 2. The smallest absolute Gasteiger partial charge is 0.254 e. The molecule has 0 bridgehead atoms. The summed E-state index contributed by atoms with van der Waals surface area (Å²) >= 11 is 3.20. The molecule has 1 aliphatic rings. The quantitative estimate of drug-likeness (QED) is 0.793. The lowest BCUT2D eigenvalue weighted by Crippen LogP contribution is -2.50. The van der Waals surface area contributed by atoms with Crippen LogP contribution >= 0.6 is 15.9 Å². The molecule has 7 heteroatoms. The van der Waals surface area contributed by atoms with E-state index in [9.17, 15) is 14.0 Å². The number of halogens is 2. The van der Waals surface area contributed by atoms with E-state index in [1.54, 1.807) is 15.9 Å². The number of hydrogen-bond acceptors (Lipinski definition) is 3. The molecule has 0 aromatic heterocycles. The maximum atomic E-state index is 13.4. The Morgan fingerprint density at radius 1 is 1.13 bits per heavy atom. The van der Waals surface area contributed by atoms with Crippen LogP contribution in [0.15, 0.2) is 22.7 Å². The molecule has 0 radical (unpaired) electrons. The molecule has 0 N–H and O–H groups in total. The summed E-state index contributed by atoms with van der Waals surface area (Å²) < 4.78 is 14.0. The molecule has 0 atom stereocenters. The first-order valence-electron chi connectivity index (χ1n) is 7.54. The highest BCUT2D eigenvalue weighted by Gasteiger charge is 2.25. The summed E-state index contributed by atoms with van der Waals surface area (Å²) in [5.74, 6) is -0.537. The molecule has 1 saturated heterocycles. The topological polar surface area (TPSA) is 43.9 Å². The average molecular weight is 386 g/mol. The van der Waals surface area contributed by atoms with Crippen molar-refractivity contribution in [3.63, 3.8) is 0 Å². The zero-order valence-corrected chi connectivity index (χ0v) is 15.0. The van der Waals surface area contributed by atoms with Crippen LogP contribution in [0.2, 0.25) is 0 Å². The Bertz CT molecular complexity index is 566. The van der Waals surface area contributed by atoms with Crippen molar-refractivity contribution in [1.82, 2.24) is 14.7 Å². The van der Waals surface area contributed by atoms with Crippen molar-refractivity contribution in [2.45, 2.75) is 6.42 Å². The van der Waals surface area contributed by atoms with Crippen molar-refractivity contribution in [3.8, 4) is 0 Å². The van der Waals surface area contributed by atoms with E-state index in [0.29, 0.717) is 42.6 Å². The van der Waals surface area contributed by atoms with Gasteiger partial charge in [-0.3, -0.25) is 9.59 Å². The van der Waals surface area contributed by atoms with Crippen molar-refractivity contribution in [2.24, 2.45) is 0 Å². The van der Waals surface area contributed by atoms with E-state index in [2.05, 4.69) is 15.9 Å². The van der Waals surface area contributed by atoms with Crippen molar-refractivity contribution in [3.05, 3.63) is 34.1 Å². The van der Waals surface area contributed by atoms with Crippen LogP contribution in [0.25, 0.3) is 0 Å². The van der Waals surface area contributed by atoms with E-state index in [4.69, 9.17) is 0 Å². The highest BCUT2D eigenvalue weighted by Crippen LogP contribution is 2.17. The molecule has 1 aromatic carbocycles. The van der Waals surface area contributed by atoms with Crippen molar-refractivity contribution < 1.29 is 14.0 Å². The van der Waals surface area contributed by atoms with E-state index in [1.807, 2.05) is 19.0 Å². The zero-order chi connectivity index (χ0) is 17.0. The first-order chi connectivity index (χ1) is 10.9. The van der Waals surface area contributed by atoms with Crippen molar-refractivity contribution >= 4 is 27.7 Å². The Balaban J connectivity index is 1.91. The minimum atomic E-state index is -0.444. The largest absolute Gasteiger partial charge is 0.339 e. The van der Waals surface area contributed by atoms with Crippen LogP contribution in [0.3, 0.4) is 0 Å². The van der Waals surface area contributed by atoms with Gasteiger partial charge < -0.3 is 14.7 Å². The Labute approximate surface area is 144 Å². The maximum absolute atomic E-state index is 13.4. The van der Waals surface area contributed by atoms with Crippen LogP contribution in [0.5, 0.6) is 0 Å². The van der Waals surface area contributed by atoms with Gasteiger partial charge in [-0.15, -0.1) is 0 Å². The van der Waals surface area contributed by atoms with Gasteiger partial charge in [0.2, 0.25) is 5.91 Å². The molecular weight excluding hydrogens is 365 g/mol. The predicted octanol–water partition coefficient (Wildman–Crippen LogP) is 1.82. The highest BCUT2D eigenvalue weighted by molar-refractivity contribution is 9.10. The van der Waals surface area contributed by atoms with Gasteiger partial charge >= 0.3 is 0 Å². The molecule has 0 spiro atoms. The van der Waals surface area contributed by atoms with Crippen LogP contribution < -0.4 is 0 Å². The fourth-order valence-electron chi connectivity index (χ4n) is 2.50. The summed E-state index contributed by atoms with van der Waals surface area (Å²) in [6, 6.07) is 4.17. The van der Waals surface area contributed by atoms with E-state index < -0.39 is 5.82 Å². The Morgan fingerprint density at radius 3 is 2.30 bits per heavy atom. The second-order valence-electron chi connectivity index (χ2n) is 5.88. The molecule has 126 valence electrons. The minimum absolute atomic E-state index is 0.110. The number of piperazine rings is 1. The standard InChI is InChI=1S/C16H21BrFN3O2/c1-19(2)4-3-15(22)20-5-7-21(8-6-20)16(23)12-9-13(17)11-14(18)10-12/h9-11H,3-8H2,1-2H3. The molecule has 2 rings (SSSR count). The Morgan fingerprint density at radius 2 is 1.74 bits per heavy atom. The van der Waals surface area contributed by atoms with Gasteiger partial charge in [0.25, 0.3) is 5.91 Å². The number of amides is 2. The van der Waals surface area contributed by atoms with E-state index in [1.165, 1.54) is 12.1 Å². The predicted molar refractivity (Wildman–Crippen MR) is 89.8 cm³/mol. The molecule has 1 fully saturated rings. The molecule has 0 unspecified atom stereocenters. The van der Waals surface area contributed by atoms with Gasteiger partial charge in [0.05, 0.1) is 0 Å². The third-order valence-corrected chi connectivity index (χ3v) is 4.26. The molecular formula is C16H21BrFN3O2. The molecule has 1 aliphatic heterocycles. The summed E-state index contributed by atoms with van der Waals surface area (Å²) in [5.41, 5.74) is 0.323. The SMILES string of the molecule is CN(C)CCC(=O)N1CCN(C(=O)c2cc(F)cc(Br)c2)CC1. The average Bonchev–Trinajstić information content (AvgIpc) is 2.51. The number of benzene rings is 1. The second-order valence-corrected chi connectivity index (χ2v) is 6.80. The first-order valence-corrected chi connectivity index (χ1v) is 8.34. The zero-order valence-electron chi connectivity index (χ0n) is 13.4. The fourth-order valence-corrected chi connectivity index (χ4v) is 2.96. The van der Waals surface area contributed by atoms with Crippen LogP contribution in [0.1, 0.15) is 16.8 Å². The van der Waals surface area contributed by atoms with Crippen LogP contribution in [-0.4, -0.2) is 73.3 Å². The van der Waals surface area contributed by atoms with Gasteiger partial charge in [-0.25, -0.2) is 4.39 Å². The number of rotatable bonds is 4. The monoisotopic (exact) mass is 385 g/mol. The maximum Gasteiger partial charge on any atom is 0.254 e. The van der Waals surface area contributed by atoms with Gasteiger partial charge in [0.15, 0.2) is 0 Å². The highest BCUT2D eigenvalue weighted by atomic mass is 79.9. The molecule has 0 saturated carbocycles. The van der Waals surface area contributed by atoms with Crippen LogP contribution in [-0.2, 0) is 4.79 Å². The summed E-state index contributed by atoms with van der Waals surface area (Å²) in [4.78, 5) is 29.9. The number of carbonyl (C=O) groups excluding carboxylic acids is 2. The van der Waals surface area contributed by atoms with Crippen molar-refractivity contribution in [1.29, 1.82) is 0 Å². The van der Waals surface area contributed by atoms with Gasteiger partial charge in [0.1, 0.15) is 5.82 Å². The van der Waals surface area contributed by atoms with Gasteiger partial charge in [-0.2, -0.15) is 0 Å². The third kappa shape index (κ3) is 5.00. The molecule has 0 aliphatic carbocycles. The lowest BCUT2D eigenvalue weighted by molar-refractivity contribution is -0.132. The second kappa shape index (κ2) is 7.88. The number of nitrogens with zero attached hydrogens (tertiary/aromatic N) is 3. The van der Waals surface area contributed by atoms with Gasteiger partial charge in [-0.05, 0) is 32.3 Å². The summed E-state index contributed by atoms with van der Waals surface area (Å²) in [6.07, 6.45) is 0.484. The normalized spacial score (nSPS) is 15.2. The number of hydrogen-bond donors (Lipinski definition) is 0. The minimum Gasteiger partial charge on any atom is -0.339 e. The molecule has 1 heterocycles. The van der Waals surface area contributed by atoms with E-state index in [-0.39, 0.29) is 11.8 Å². The van der Waals surface area contributed by atoms with E-state index >= 15 is 0 Å². The molecule has 5 nitrogen and oxygen atoms in total. The summed E-state index contributed by atoms with van der Waals surface area (Å²) in [5, 5.41) is 0. The summed E-state index contributed by atoms with van der Waals surface area (Å²) in [6.45, 7) is 2.71. The van der Waals surface area contributed by atoms with Crippen LogP contribution in [0, 0.1) is 5.82 Å². The molecule has 2 amide bonds. The van der Waals surface area contributed by atoms with Crippen LogP contribution in [0.4, 0.5) is 4.39 Å². The first kappa shape index (κ1) is 17.9. The Kier molecular flexibility index (Phi) is 6.12.